The molecule has 10 nitrogen and oxygen atoms in total. The summed E-state index contributed by atoms with van der Waals surface area (Å²) in [7, 11) is 2.65. The van der Waals surface area contributed by atoms with Crippen molar-refractivity contribution in [1.82, 2.24) is 25.0 Å². The predicted octanol–water partition coefficient (Wildman–Crippen LogP) is 5.09. The molecule has 0 spiro atoms. The van der Waals surface area contributed by atoms with Crippen LogP contribution in [0.5, 0.6) is 5.75 Å². The minimum Gasteiger partial charge on any atom is -0.497 e. The topological polar surface area (TPSA) is 122 Å². The second-order valence-electron chi connectivity index (χ2n) is 12.9. The molecule has 2 aliphatic rings. The number of aromatic nitrogens is 3. The number of nitrogens with zero attached hydrogens (tertiary/aromatic N) is 5. The summed E-state index contributed by atoms with van der Waals surface area (Å²) in [6.07, 6.45) is 1.79. The monoisotopic (exact) mass is 699 g/mol. The number of nitrogens with one attached hydrogen (secondary N) is 1. The Morgan fingerprint density at radius 1 is 0.980 bits per heavy atom. The van der Waals surface area contributed by atoms with Crippen LogP contribution in [0.25, 0.3) is 5.69 Å². The largest absolute Gasteiger partial charge is 0.497 e. The summed E-state index contributed by atoms with van der Waals surface area (Å²) in [6.45, 7) is 3.59. The smallest absolute Gasteiger partial charge is 0.326 e. The first-order valence-electron chi connectivity index (χ1n) is 17.0. The van der Waals surface area contributed by atoms with Crippen LogP contribution in [-0.2, 0) is 11.3 Å². The molecule has 7 rings (SSSR count). The zero-order chi connectivity index (χ0) is 35.5. The van der Waals surface area contributed by atoms with Gasteiger partial charge in [-0.1, -0.05) is 65.6 Å². The maximum absolute atomic E-state index is 13.6. The first-order valence-corrected chi connectivity index (χ1v) is 17.4. The molecule has 2 N–H and O–H groups in total. The number of rotatable bonds is 9. The van der Waals surface area contributed by atoms with Gasteiger partial charge in [-0.3, -0.25) is 19.1 Å². The van der Waals surface area contributed by atoms with E-state index in [9.17, 15) is 14.6 Å². The molecule has 5 aromatic rings. The number of hydrogen-bond acceptors (Lipinski definition) is 7. The van der Waals surface area contributed by atoms with Crippen LogP contribution in [0.2, 0.25) is 5.02 Å². The van der Waals surface area contributed by atoms with E-state index in [2.05, 4.69) is 27.6 Å². The quantitative estimate of drug-likeness (QED) is 0.207. The summed E-state index contributed by atoms with van der Waals surface area (Å²) in [5, 5.41) is 21.8. The number of likely N-dealkylation sites (tertiary alicyclic amines) is 1. The molecule has 1 saturated heterocycles. The van der Waals surface area contributed by atoms with E-state index < -0.39 is 6.04 Å². The van der Waals surface area contributed by atoms with E-state index in [-0.39, 0.29) is 18.2 Å². The lowest BCUT2D eigenvalue weighted by molar-refractivity contribution is -0.121. The number of carbonyl (C=O) groups is 2. The summed E-state index contributed by atoms with van der Waals surface area (Å²) in [5.74, 6) is 2.13. The molecular formula is C39H37BClN6O4. The van der Waals surface area contributed by atoms with E-state index >= 15 is 0 Å². The lowest BCUT2D eigenvalue weighted by Crippen LogP contribution is -2.38. The van der Waals surface area contributed by atoms with E-state index in [0.717, 1.165) is 42.7 Å². The Balaban J connectivity index is 1.04. The fourth-order valence-corrected chi connectivity index (χ4v) is 7.02. The van der Waals surface area contributed by atoms with Crippen molar-refractivity contribution in [2.45, 2.75) is 44.7 Å². The van der Waals surface area contributed by atoms with E-state index in [1.165, 1.54) is 5.56 Å². The lowest BCUT2D eigenvalue weighted by Gasteiger charge is -2.32. The second kappa shape index (κ2) is 14.9. The van der Waals surface area contributed by atoms with Crippen LogP contribution in [0.4, 0.5) is 0 Å². The molecule has 1 aromatic heterocycles. The Bertz CT molecular complexity index is 2090. The summed E-state index contributed by atoms with van der Waals surface area (Å²) in [6, 6.07) is 28.0. The number of carbonyl (C=O) groups excluding carboxylic acids is 2. The predicted molar refractivity (Wildman–Crippen MR) is 197 cm³/mol. The van der Waals surface area contributed by atoms with Gasteiger partial charge in [0.05, 0.1) is 24.9 Å². The van der Waals surface area contributed by atoms with Crippen molar-refractivity contribution >= 4 is 42.1 Å². The molecule has 257 valence electrons. The van der Waals surface area contributed by atoms with Gasteiger partial charge in [0.25, 0.3) is 5.91 Å². The molecule has 1 unspecified atom stereocenters. The number of ether oxygens (including phenoxy) is 1. The van der Waals surface area contributed by atoms with Crippen LogP contribution in [0.1, 0.15) is 75.5 Å². The minimum atomic E-state index is -0.597. The van der Waals surface area contributed by atoms with Gasteiger partial charge in [-0.05, 0) is 79.3 Å². The van der Waals surface area contributed by atoms with Crippen molar-refractivity contribution in [2.75, 3.05) is 20.2 Å². The molecule has 51 heavy (non-hydrogen) atoms. The van der Waals surface area contributed by atoms with Gasteiger partial charge in [-0.25, -0.2) is 0 Å². The fourth-order valence-electron chi connectivity index (χ4n) is 6.89. The Morgan fingerprint density at radius 2 is 1.75 bits per heavy atom. The van der Waals surface area contributed by atoms with Gasteiger partial charge in [0, 0.05) is 41.3 Å². The van der Waals surface area contributed by atoms with Gasteiger partial charge in [0.1, 0.15) is 17.6 Å². The number of amides is 2. The molecule has 1 fully saturated rings. The number of aryl methyl sites for hydroxylation is 1. The highest BCUT2D eigenvalue weighted by Crippen LogP contribution is 2.35. The number of fused-ring (bicyclic) bond motifs is 3. The maximum Gasteiger partial charge on any atom is 0.326 e. The summed E-state index contributed by atoms with van der Waals surface area (Å²) >= 11 is 6.23. The molecule has 0 aliphatic carbocycles. The zero-order valence-corrected chi connectivity index (χ0v) is 29.2. The lowest BCUT2D eigenvalue weighted by atomic mass is 9.87. The van der Waals surface area contributed by atoms with Gasteiger partial charge in [0.15, 0.2) is 5.82 Å². The summed E-state index contributed by atoms with van der Waals surface area (Å²) in [5.41, 5.74) is 6.75. The number of piperidine rings is 1. The molecule has 4 aromatic carbocycles. The van der Waals surface area contributed by atoms with Crippen LogP contribution in [0.15, 0.2) is 96.0 Å². The molecule has 3 heterocycles. The Kier molecular flexibility index (Phi) is 10.0. The fraction of sp³-hybridized carbons (Fsp3) is 0.256. The number of methoxy groups -OCH3 is 1. The third kappa shape index (κ3) is 7.31. The average Bonchev–Trinajstić information content (AvgIpc) is 3.50. The third-order valence-electron chi connectivity index (χ3n) is 9.63. The van der Waals surface area contributed by atoms with Crippen molar-refractivity contribution < 1.29 is 19.3 Å². The van der Waals surface area contributed by atoms with E-state index in [1.54, 1.807) is 31.4 Å². The molecule has 12 heteroatoms. The molecule has 0 saturated carbocycles. The van der Waals surface area contributed by atoms with E-state index in [4.69, 9.17) is 21.3 Å². The average molecular weight is 700 g/mol. The van der Waals surface area contributed by atoms with Gasteiger partial charge in [0.2, 0.25) is 5.91 Å². The first-order chi connectivity index (χ1) is 24.8. The van der Waals surface area contributed by atoms with Crippen LogP contribution in [-0.4, -0.2) is 69.9 Å². The van der Waals surface area contributed by atoms with E-state index in [1.807, 2.05) is 71.0 Å². The first kappa shape index (κ1) is 34.2. The van der Waals surface area contributed by atoms with Crippen LogP contribution in [0, 0.1) is 6.92 Å². The standard InChI is InChI=1S/C39H37BClN6O4/c1-24-44-45-38-34(43-37(27-8-12-31(41)13-9-27)33-21-32(51-2)14-15-35(33)47(24)38)22-36(48)42-23-25-4-3-5-29(20-25)26-16-18-46(19-17-26)39(49)28-6-10-30(40-50)11-7-28/h3-15,20-21,26,34,50H,16-19,22-23H2,1-2H3,(H,42,48). The third-order valence-corrected chi connectivity index (χ3v) is 9.88. The number of halogens is 1. The van der Waals surface area contributed by atoms with Gasteiger partial charge in [-0.15, -0.1) is 10.2 Å². The number of hydrogen-bond donors (Lipinski definition) is 2. The van der Waals surface area contributed by atoms with Gasteiger partial charge >= 0.3 is 7.48 Å². The number of benzene rings is 4. The molecule has 2 amide bonds. The molecule has 1 radical (unpaired) electrons. The van der Waals surface area contributed by atoms with Gasteiger partial charge < -0.3 is 20.0 Å². The maximum atomic E-state index is 13.6. The minimum absolute atomic E-state index is 0.00436. The Hall–Kier alpha value is -5.26. The number of aliphatic imine (C=N–C) groups is 1. The van der Waals surface area contributed by atoms with E-state index in [0.29, 0.717) is 64.7 Å². The van der Waals surface area contributed by atoms with Crippen molar-refractivity contribution in [3.8, 4) is 11.4 Å². The highest BCUT2D eigenvalue weighted by Gasteiger charge is 2.30. The van der Waals surface area contributed by atoms with Crippen molar-refractivity contribution in [2.24, 2.45) is 4.99 Å². The zero-order valence-electron chi connectivity index (χ0n) is 28.4. The SMILES string of the molecule is COc1ccc2c(c1)C(c1ccc(Cl)cc1)=NC(CC(=O)NCc1cccc(C3CCN(C(=O)c4ccc([B]O)cc4)CC3)c1)c1nnc(C)n1-2. The molecule has 0 bridgehead atoms. The molecule has 2 aliphatic heterocycles. The Morgan fingerprint density at radius 3 is 2.47 bits per heavy atom. The highest BCUT2D eigenvalue weighted by molar-refractivity contribution is 6.45. The van der Waals surface area contributed by atoms with Gasteiger partial charge in [-0.2, -0.15) is 0 Å². The van der Waals surface area contributed by atoms with Crippen LogP contribution >= 0.6 is 11.6 Å². The second-order valence-corrected chi connectivity index (χ2v) is 13.3. The molecule has 1 atom stereocenters. The van der Waals surface area contributed by atoms with Crippen molar-refractivity contribution in [3.63, 3.8) is 0 Å². The highest BCUT2D eigenvalue weighted by atomic mass is 35.5. The van der Waals surface area contributed by atoms with Crippen molar-refractivity contribution in [3.05, 3.63) is 135 Å². The Labute approximate surface area is 302 Å². The van der Waals surface area contributed by atoms with Crippen LogP contribution in [0.3, 0.4) is 0 Å². The summed E-state index contributed by atoms with van der Waals surface area (Å²) < 4.78 is 7.54. The van der Waals surface area contributed by atoms with Crippen LogP contribution < -0.4 is 15.5 Å². The summed E-state index contributed by atoms with van der Waals surface area (Å²) in [4.78, 5) is 33.7. The van der Waals surface area contributed by atoms with Crippen molar-refractivity contribution in [1.29, 1.82) is 0 Å². The normalized spacial score (nSPS) is 15.6. The molecular weight excluding hydrogens is 663 g/mol.